The molecule has 0 spiro atoms. The van der Waals surface area contributed by atoms with Crippen molar-refractivity contribution in [2.75, 3.05) is 0 Å². The van der Waals surface area contributed by atoms with E-state index in [-0.39, 0.29) is 18.5 Å². The van der Waals surface area contributed by atoms with Gasteiger partial charge >= 0.3 is 0 Å². The predicted molar refractivity (Wildman–Crippen MR) is 51.4 cm³/mol. The Balaban J connectivity index is 1.91. The van der Waals surface area contributed by atoms with E-state index in [0.717, 1.165) is 6.42 Å². The topological polar surface area (TPSA) is 18.5 Å². The molecule has 13 heavy (non-hydrogen) atoms. The maximum atomic E-state index is 5.76. The molecule has 1 saturated heterocycles. The van der Waals surface area contributed by atoms with Crippen molar-refractivity contribution < 1.29 is 9.47 Å². The van der Waals surface area contributed by atoms with Crippen LogP contribution in [0, 0.1) is 5.92 Å². The molecule has 2 nitrogen and oxygen atoms in total. The number of rotatable bonds is 1. The van der Waals surface area contributed by atoms with Crippen molar-refractivity contribution in [2.24, 2.45) is 5.92 Å². The van der Waals surface area contributed by atoms with Crippen molar-refractivity contribution in [3.8, 4) is 0 Å². The lowest BCUT2D eigenvalue weighted by Crippen LogP contribution is -2.23. The van der Waals surface area contributed by atoms with Crippen LogP contribution in [0.25, 0.3) is 0 Å². The van der Waals surface area contributed by atoms with Crippen LogP contribution in [0.3, 0.4) is 0 Å². The highest BCUT2D eigenvalue weighted by atomic mass is 16.7. The van der Waals surface area contributed by atoms with Gasteiger partial charge in [0.25, 0.3) is 0 Å². The van der Waals surface area contributed by atoms with Gasteiger partial charge in [0.2, 0.25) is 0 Å². The van der Waals surface area contributed by atoms with Gasteiger partial charge in [0.15, 0.2) is 6.29 Å². The zero-order valence-electron chi connectivity index (χ0n) is 8.40. The zero-order chi connectivity index (χ0) is 9.26. The SMILES string of the molecule is C[C@@H]1OC([C@H]2CC=CCC2)O[C@H]1C. The van der Waals surface area contributed by atoms with Gasteiger partial charge in [0.05, 0.1) is 12.2 Å². The summed E-state index contributed by atoms with van der Waals surface area (Å²) in [4.78, 5) is 0. The molecule has 0 aromatic heterocycles. The number of hydrogen-bond acceptors (Lipinski definition) is 2. The van der Waals surface area contributed by atoms with Crippen molar-refractivity contribution in [3.05, 3.63) is 12.2 Å². The van der Waals surface area contributed by atoms with Gasteiger partial charge in [-0.3, -0.25) is 0 Å². The highest BCUT2D eigenvalue weighted by Gasteiger charge is 2.34. The minimum atomic E-state index is 0.0509. The molecule has 2 rings (SSSR count). The fourth-order valence-electron chi connectivity index (χ4n) is 1.96. The summed E-state index contributed by atoms with van der Waals surface area (Å²) in [5.74, 6) is 0.581. The maximum Gasteiger partial charge on any atom is 0.161 e. The van der Waals surface area contributed by atoms with E-state index in [1.165, 1.54) is 12.8 Å². The van der Waals surface area contributed by atoms with Crippen molar-refractivity contribution in [1.82, 2.24) is 0 Å². The highest BCUT2D eigenvalue weighted by Crippen LogP contribution is 2.30. The van der Waals surface area contributed by atoms with Crippen LogP contribution in [0.15, 0.2) is 12.2 Å². The number of allylic oxidation sites excluding steroid dienone is 2. The van der Waals surface area contributed by atoms with Crippen LogP contribution >= 0.6 is 0 Å². The molecule has 2 aliphatic rings. The van der Waals surface area contributed by atoms with Crippen LogP contribution in [-0.4, -0.2) is 18.5 Å². The van der Waals surface area contributed by atoms with E-state index in [2.05, 4.69) is 26.0 Å². The Morgan fingerprint density at radius 1 is 1.08 bits per heavy atom. The van der Waals surface area contributed by atoms with E-state index in [0.29, 0.717) is 5.92 Å². The van der Waals surface area contributed by atoms with Crippen LogP contribution < -0.4 is 0 Å². The molecule has 3 atom stereocenters. The summed E-state index contributed by atoms with van der Waals surface area (Å²) in [6, 6.07) is 0. The standard InChI is InChI=1S/C11H18O2/c1-8-9(2)13-11(12-8)10-6-4-3-5-7-10/h3-4,8-11H,5-7H2,1-2H3/t8-,9-,10-/m0/s1. The molecule has 2 heteroatoms. The molecule has 74 valence electrons. The first-order valence-electron chi connectivity index (χ1n) is 5.23. The molecule has 1 fully saturated rings. The van der Waals surface area contributed by atoms with Crippen LogP contribution in [-0.2, 0) is 9.47 Å². The molecule has 0 unspecified atom stereocenters. The van der Waals surface area contributed by atoms with Crippen LogP contribution in [0.5, 0.6) is 0 Å². The molecule has 0 aromatic rings. The summed E-state index contributed by atoms with van der Waals surface area (Å²) in [5, 5.41) is 0. The van der Waals surface area contributed by atoms with E-state index >= 15 is 0 Å². The van der Waals surface area contributed by atoms with E-state index in [4.69, 9.17) is 9.47 Å². The molecular weight excluding hydrogens is 164 g/mol. The zero-order valence-corrected chi connectivity index (χ0v) is 8.40. The minimum absolute atomic E-state index is 0.0509. The van der Waals surface area contributed by atoms with E-state index < -0.39 is 0 Å². The Bertz CT molecular complexity index is 190. The maximum absolute atomic E-state index is 5.76. The lowest BCUT2D eigenvalue weighted by molar-refractivity contribution is -0.103. The van der Waals surface area contributed by atoms with Gasteiger partial charge in [0, 0.05) is 5.92 Å². The molecule has 1 aliphatic heterocycles. The summed E-state index contributed by atoms with van der Waals surface area (Å²) < 4.78 is 11.5. The molecule has 0 bridgehead atoms. The van der Waals surface area contributed by atoms with Gasteiger partial charge in [0.1, 0.15) is 0 Å². The average Bonchev–Trinajstić information content (AvgIpc) is 2.49. The average molecular weight is 182 g/mol. The monoisotopic (exact) mass is 182 g/mol. The van der Waals surface area contributed by atoms with Gasteiger partial charge in [-0.15, -0.1) is 0 Å². The van der Waals surface area contributed by atoms with Crippen LogP contribution in [0.2, 0.25) is 0 Å². The first-order valence-corrected chi connectivity index (χ1v) is 5.23. The van der Waals surface area contributed by atoms with E-state index in [1.807, 2.05) is 0 Å². The largest absolute Gasteiger partial charge is 0.347 e. The third kappa shape index (κ3) is 1.94. The van der Waals surface area contributed by atoms with Gasteiger partial charge in [-0.25, -0.2) is 0 Å². The first kappa shape index (κ1) is 9.22. The van der Waals surface area contributed by atoms with E-state index in [1.54, 1.807) is 0 Å². The Morgan fingerprint density at radius 2 is 1.77 bits per heavy atom. The molecule has 0 amide bonds. The summed E-state index contributed by atoms with van der Waals surface area (Å²) in [5.41, 5.74) is 0. The quantitative estimate of drug-likeness (QED) is 0.580. The lowest BCUT2D eigenvalue weighted by atomic mass is 9.94. The van der Waals surface area contributed by atoms with Gasteiger partial charge in [-0.1, -0.05) is 12.2 Å². The third-order valence-electron chi connectivity index (χ3n) is 3.05. The second-order valence-electron chi connectivity index (χ2n) is 4.10. The fraction of sp³-hybridized carbons (Fsp3) is 0.818. The second kappa shape index (κ2) is 3.81. The normalized spacial score (nSPS) is 41.2. The summed E-state index contributed by atoms with van der Waals surface area (Å²) >= 11 is 0. The third-order valence-corrected chi connectivity index (χ3v) is 3.05. The lowest BCUT2D eigenvalue weighted by Gasteiger charge is -2.23. The summed E-state index contributed by atoms with van der Waals surface area (Å²) in [6.07, 6.45) is 8.57. The van der Waals surface area contributed by atoms with Crippen LogP contribution in [0.1, 0.15) is 33.1 Å². The molecule has 0 saturated carbocycles. The van der Waals surface area contributed by atoms with Crippen molar-refractivity contribution in [3.63, 3.8) is 0 Å². The number of ether oxygens (including phenoxy) is 2. The molecule has 0 aromatic carbocycles. The molecule has 1 aliphatic carbocycles. The van der Waals surface area contributed by atoms with Crippen molar-refractivity contribution >= 4 is 0 Å². The first-order chi connectivity index (χ1) is 6.27. The van der Waals surface area contributed by atoms with Crippen LogP contribution in [0.4, 0.5) is 0 Å². The Labute approximate surface area is 79.9 Å². The highest BCUT2D eigenvalue weighted by molar-refractivity contribution is 4.92. The molecular formula is C11H18O2. The Hall–Kier alpha value is -0.340. The fourth-order valence-corrected chi connectivity index (χ4v) is 1.96. The predicted octanol–water partition coefficient (Wildman–Crippen LogP) is 2.49. The summed E-state index contributed by atoms with van der Waals surface area (Å²) in [7, 11) is 0. The van der Waals surface area contributed by atoms with Gasteiger partial charge in [-0.2, -0.15) is 0 Å². The smallest absolute Gasteiger partial charge is 0.161 e. The van der Waals surface area contributed by atoms with Gasteiger partial charge < -0.3 is 9.47 Å². The molecule has 0 radical (unpaired) electrons. The Kier molecular flexibility index (Phi) is 2.70. The van der Waals surface area contributed by atoms with E-state index in [9.17, 15) is 0 Å². The van der Waals surface area contributed by atoms with Crippen molar-refractivity contribution in [1.29, 1.82) is 0 Å². The van der Waals surface area contributed by atoms with Crippen molar-refractivity contribution in [2.45, 2.75) is 51.6 Å². The molecule has 1 heterocycles. The van der Waals surface area contributed by atoms with Gasteiger partial charge in [-0.05, 0) is 33.1 Å². The Morgan fingerprint density at radius 3 is 2.31 bits per heavy atom. The number of hydrogen-bond donors (Lipinski definition) is 0. The minimum Gasteiger partial charge on any atom is -0.347 e. The molecule has 0 N–H and O–H groups in total. The summed E-state index contributed by atoms with van der Waals surface area (Å²) in [6.45, 7) is 4.17. The second-order valence-corrected chi connectivity index (χ2v) is 4.10.